The number of hydrogen-bond acceptors (Lipinski definition) is 3. The molecule has 4 heteroatoms. The lowest BCUT2D eigenvalue weighted by Crippen LogP contribution is -1.97. The van der Waals surface area contributed by atoms with Crippen LogP contribution in [0.3, 0.4) is 0 Å². The number of hydrogen-bond donors (Lipinski definition) is 0. The van der Waals surface area contributed by atoms with Gasteiger partial charge in [0, 0.05) is 7.05 Å². The summed E-state index contributed by atoms with van der Waals surface area (Å²) in [6, 6.07) is 8.07. The number of nitrogens with zero attached hydrogens (tertiary/aromatic N) is 3. The Morgan fingerprint density at radius 1 is 1.28 bits per heavy atom. The Morgan fingerprint density at radius 3 is 2.61 bits per heavy atom. The molecule has 0 aliphatic heterocycles. The summed E-state index contributed by atoms with van der Waals surface area (Å²) in [7, 11) is 1.77. The maximum atomic E-state index is 9.12. The van der Waals surface area contributed by atoms with Gasteiger partial charge in [0.05, 0.1) is 5.69 Å². The van der Waals surface area contributed by atoms with Crippen LogP contribution in [0.1, 0.15) is 22.4 Å². The Kier molecular flexibility index (Phi) is 3.07. The third kappa shape index (κ3) is 2.07. The highest BCUT2D eigenvalue weighted by molar-refractivity contribution is 5.46. The Balaban J connectivity index is 2.43. The van der Waals surface area contributed by atoms with E-state index in [9.17, 15) is 0 Å². The largest absolute Gasteiger partial charge is 0.438 e. The zero-order valence-corrected chi connectivity index (χ0v) is 11.0. The molecule has 0 bridgehead atoms. The van der Waals surface area contributed by atoms with Gasteiger partial charge in [0.2, 0.25) is 5.88 Å². The molecule has 0 aliphatic rings. The van der Waals surface area contributed by atoms with Crippen LogP contribution in [-0.4, -0.2) is 9.78 Å². The first-order chi connectivity index (χ1) is 8.52. The van der Waals surface area contributed by atoms with E-state index in [-0.39, 0.29) is 0 Å². The molecule has 1 heterocycles. The molecule has 4 nitrogen and oxygen atoms in total. The van der Waals surface area contributed by atoms with E-state index < -0.39 is 0 Å². The Labute approximate surface area is 106 Å². The van der Waals surface area contributed by atoms with Crippen LogP contribution in [0.4, 0.5) is 0 Å². The van der Waals surface area contributed by atoms with Crippen molar-refractivity contribution >= 4 is 0 Å². The zero-order valence-electron chi connectivity index (χ0n) is 11.0. The van der Waals surface area contributed by atoms with Gasteiger partial charge in [-0.2, -0.15) is 10.4 Å². The SMILES string of the molecule is Cc1ccc(Oc2c(C#N)c(C)nn2C)c(C)c1. The molecule has 2 aromatic rings. The minimum absolute atomic E-state index is 0.484. The van der Waals surface area contributed by atoms with Crippen LogP contribution >= 0.6 is 0 Å². The smallest absolute Gasteiger partial charge is 0.235 e. The molecular weight excluding hydrogens is 226 g/mol. The third-order valence-electron chi connectivity index (χ3n) is 2.82. The molecule has 0 saturated heterocycles. The van der Waals surface area contributed by atoms with Gasteiger partial charge in [0.25, 0.3) is 0 Å². The van der Waals surface area contributed by atoms with Crippen molar-refractivity contribution in [3.63, 3.8) is 0 Å². The molecule has 0 spiro atoms. The summed E-state index contributed by atoms with van der Waals surface area (Å²) in [5, 5.41) is 13.3. The minimum atomic E-state index is 0.484. The maximum absolute atomic E-state index is 9.12. The van der Waals surface area contributed by atoms with Crippen molar-refractivity contribution in [2.75, 3.05) is 0 Å². The molecule has 0 N–H and O–H groups in total. The average molecular weight is 241 g/mol. The summed E-state index contributed by atoms with van der Waals surface area (Å²) in [5.74, 6) is 1.24. The fourth-order valence-electron chi connectivity index (χ4n) is 1.90. The lowest BCUT2D eigenvalue weighted by Gasteiger charge is -2.09. The molecule has 0 unspecified atom stereocenters. The second-order valence-electron chi connectivity index (χ2n) is 4.37. The molecule has 0 saturated carbocycles. The van der Waals surface area contributed by atoms with Gasteiger partial charge in [-0.15, -0.1) is 0 Å². The fraction of sp³-hybridized carbons (Fsp3) is 0.286. The lowest BCUT2D eigenvalue weighted by molar-refractivity contribution is 0.426. The van der Waals surface area contributed by atoms with Crippen molar-refractivity contribution in [3.05, 3.63) is 40.6 Å². The highest BCUT2D eigenvalue weighted by Crippen LogP contribution is 2.29. The minimum Gasteiger partial charge on any atom is -0.438 e. The van der Waals surface area contributed by atoms with Gasteiger partial charge < -0.3 is 4.74 Å². The number of aryl methyl sites for hydroxylation is 4. The number of aromatic nitrogens is 2. The molecule has 92 valence electrons. The third-order valence-corrected chi connectivity index (χ3v) is 2.82. The number of nitriles is 1. The number of rotatable bonds is 2. The van der Waals surface area contributed by atoms with Crippen molar-refractivity contribution in [2.45, 2.75) is 20.8 Å². The van der Waals surface area contributed by atoms with Crippen molar-refractivity contribution < 1.29 is 4.74 Å². The monoisotopic (exact) mass is 241 g/mol. The van der Waals surface area contributed by atoms with Gasteiger partial charge in [-0.1, -0.05) is 17.7 Å². The number of ether oxygens (including phenoxy) is 1. The second-order valence-corrected chi connectivity index (χ2v) is 4.37. The fourth-order valence-corrected chi connectivity index (χ4v) is 1.90. The van der Waals surface area contributed by atoms with Crippen LogP contribution in [0.2, 0.25) is 0 Å². The summed E-state index contributed by atoms with van der Waals surface area (Å²) in [5.41, 5.74) is 3.39. The van der Waals surface area contributed by atoms with E-state index in [1.165, 1.54) is 5.56 Å². The van der Waals surface area contributed by atoms with E-state index in [4.69, 9.17) is 10.00 Å². The highest BCUT2D eigenvalue weighted by Gasteiger charge is 2.15. The first kappa shape index (κ1) is 12.2. The van der Waals surface area contributed by atoms with Crippen molar-refractivity contribution in [2.24, 2.45) is 7.05 Å². The molecular formula is C14H15N3O. The first-order valence-corrected chi connectivity index (χ1v) is 5.71. The van der Waals surface area contributed by atoms with Crippen LogP contribution in [0.5, 0.6) is 11.6 Å². The van der Waals surface area contributed by atoms with Gasteiger partial charge >= 0.3 is 0 Å². The molecule has 0 aliphatic carbocycles. The maximum Gasteiger partial charge on any atom is 0.235 e. The molecule has 0 radical (unpaired) electrons. The standard InChI is InChI=1S/C14H15N3O/c1-9-5-6-13(10(2)7-9)18-14-12(8-15)11(3)16-17(14)4/h5-7H,1-4H3. The van der Waals surface area contributed by atoms with Crippen molar-refractivity contribution in [1.82, 2.24) is 9.78 Å². The van der Waals surface area contributed by atoms with Crippen molar-refractivity contribution in [1.29, 1.82) is 5.26 Å². The first-order valence-electron chi connectivity index (χ1n) is 5.71. The average Bonchev–Trinajstić information content (AvgIpc) is 2.57. The Bertz CT molecular complexity index is 635. The predicted octanol–water partition coefficient (Wildman–Crippen LogP) is 3.01. The summed E-state index contributed by atoms with van der Waals surface area (Å²) in [6.07, 6.45) is 0. The van der Waals surface area contributed by atoms with Crippen LogP contribution in [0, 0.1) is 32.1 Å². The van der Waals surface area contributed by atoms with E-state index in [0.717, 1.165) is 11.3 Å². The van der Waals surface area contributed by atoms with Crippen LogP contribution in [-0.2, 0) is 7.05 Å². The zero-order chi connectivity index (χ0) is 13.3. The van der Waals surface area contributed by atoms with Gasteiger partial charge in [0.15, 0.2) is 0 Å². The normalized spacial score (nSPS) is 10.2. The molecule has 18 heavy (non-hydrogen) atoms. The topological polar surface area (TPSA) is 50.8 Å². The molecule has 0 atom stereocenters. The van der Waals surface area contributed by atoms with E-state index >= 15 is 0 Å². The molecule has 2 rings (SSSR count). The summed E-state index contributed by atoms with van der Waals surface area (Å²) >= 11 is 0. The summed E-state index contributed by atoms with van der Waals surface area (Å²) in [4.78, 5) is 0. The van der Waals surface area contributed by atoms with Crippen molar-refractivity contribution in [3.8, 4) is 17.7 Å². The second kappa shape index (κ2) is 4.53. The summed E-state index contributed by atoms with van der Waals surface area (Å²) in [6.45, 7) is 5.82. The van der Waals surface area contributed by atoms with Gasteiger partial charge in [-0.25, -0.2) is 4.68 Å². The van der Waals surface area contributed by atoms with Crippen LogP contribution in [0.25, 0.3) is 0 Å². The quantitative estimate of drug-likeness (QED) is 0.812. The van der Waals surface area contributed by atoms with E-state index in [1.54, 1.807) is 18.7 Å². The highest BCUT2D eigenvalue weighted by atomic mass is 16.5. The molecule has 1 aromatic heterocycles. The molecule has 0 amide bonds. The van der Waals surface area contributed by atoms with E-state index in [0.29, 0.717) is 17.1 Å². The van der Waals surface area contributed by atoms with Gasteiger partial charge in [-0.05, 0) is 32.4 Å². The molecule has 1 aromatic carbocycles. The van der Waals surface area contributed by atoms with Gasteiger partial charge in [-0.3, -0.25) is 0 Å². The predicted molar refractivity (Wildman–Crippen MR) is 68.7 cm³/mol. The molecule has 0 fully saturated rings. The Morgan fingerprint density at radius 2 is 2.00 bits per heavy atom. The van der Waals surface area contributed by atoms with Crippen LogP contribution < -0.4 is 4.74 Å². The lowest BCUT2D eigenvalue weighted by atomic mass is 10.1. The van der Waals surface area contributed by atoms with E-state index in [1.807, 2.05) is 32.0 Å². The van der Waals surface area contributed by atoms with E-state index in [2.05, 4.69) is 11.2 Å². The van der Waals surface area contributed by atoms with Crippen LogP contribution in [0.15, 0.2) is 18.2 Å². The Hall–Kier alpha value is -2.28. The summed E-state index contributed by atoms with van der Waals surface area (Å²) < 4.78 is 7.41. The van der Waals surface area contributed by atoms with Gasteiger partial charge in [0.1, 0.15) is 17.4 Å². The number of benzene rings is 1.